The first-order valence-corrected chi connectivity index (χ1v) is 8.20. The number of aromatic nitrogens is 2. The van der Waals surface area contributed by atoms with Gasteiger partial charge in [0.2, 0.25) is 0 Å². The lowest BCUT2D eigenvalue weighted by Gasteiger charge is -2.06. The van der Waals surface area contributed by atoms with Gasteiger partial charge in [-0.15, -0.1) is 0 Å². The molecule has 0 spiro atoms. The Hall–Kier alpha value is -0.850. The molecule has 0 bridgehead atoms. The first kappa shape index (κ1) is 14.6. The lowest BCUT2D eigenvalue weighted by molar-refractivity contribution is 0.937. The molecule has 0 saturated heterocycles. The van der Waals surface area contributed by atoms with Gasteiger partial charge in [-0.3, -0.25) is 4.79 Å². The summed E-state index contributed by atoms with van der Waals surface area (Å²) in [6.07, 6.45) is 1.82. The van der Waals surface area contributed by atoms with Crippen LogP contribution in [-0.4, -0.2) is 16.2 Å². The quantitative estimate of drug-likeness (QED) is 0.435. The van der Waals surface area contributed by atoms with E-state index < -0.39 is 5.56 Å². The molecule has 0 amide bonds. The molecule has 0 unspecified atom stereocenters. The molecule has 1 aromatic heterocycles. The second-order valence-electron chi connectivity index (χ2n) is 3.54. The van der Waals surface area contributed by atoms with Gasteiger partial charge in [-0.25, -0.2) is 4.98 Å². The predicted octanol–water partition coefficient (Wildman–Crippen LogP) is 3.40. The molecular formula is C12H7BrIN3OS. The first-order chi connectivity index (χ1) is 9.06. The van der Waals surface area contributed by atoms with Crippen LogP contribution in [0, 0.1) is 14.9 Å². The largest absolute Gasteiger partial charge is 0.300 e. The summed E-state index contributed by atoms with van der Waals surface area (Å²) in [7, 11) is 0. The Morgan fingerprint density at radius 3 is 2.84 bits per heavy atom. The third kappa shape index (κ3) is 3.01. The van der Waals surface area contributed by atoms with Crippen molar-refractivity contribution in [3.63, 3.8) is 0 Å². The van der Waals surface area contributed by atoms with Crippen molar-refractivity contribution in [2.45, 2.75) is 5.16 Å². The van der Waals surface area contributed by atoms with E-state index in [2.05, 4.69) is 48.5 Å². The van der Waals surface area contributed by atoms with Crippen LogP contribution < -0.4 is 5.56 Å². The molecule has 96 valence electrons. The van der Waals surface area contributed by atoms with Gasteiger partial charge in [0.05, 0.1) is 5.69 Å². The average Bonchev–Trinajstić information content (AvgIpc) is 2.41. The summed E-state index contributed by atoms with van der Waals surface area (Å²) < 4.78 is 1.96. The zero-order valence-electron chi connectivity index (χ0n) is 9.70. The molecule has 7 heteroatoms. The minimum atomic E-state index is -0.411. The van der Waals surface area contributed by atoms with Crippen LogP contribution in [0.1, 0.15) is 5.56 Å². The SMILES string of the molecule is CSc1nc(-c2ccc(I)c(Br)c2)c(C#N)c(=O)[nH]1. The zero-order chi connectivity index (χ0) is 14.0. The Morgan fingerprint density at radius 1 is 1.53 bits per heavy atom. The summed E-state index contributed by atoms with van der Waals surface area (Å²) >= 11 is 6.96. The molecule has 0 aliphatic heterocycles. The number of halogens is 2. The second-order valence-corrected chi connectivity index (χ2v) is 6.35. The number of nitrogens with one attached hydrogen (secondary N) is 1. The van der Waals surface area contributed by atoms with E-state index in [-0.39, 0.29) is 5.56 Å². The molecule has 4 nitrogen and oxygen atoms in total. The molecule has 2 rings (SSSR count). The normalized spacial score (nSPS) is 10.2. The minimum Gasteiger partial charge on any atom is -0.300 e. The van der Waals surface area contributed by atoms with Crippen molar-refractivity contribution >= 4 is 50.3 Å². The maximum Gasteiger partial charge on any atom is 0.270 e. The lowest BCUT2D eigenvalue weighted by Crippen LogP contribution is -2.14. The fourth-order valence-corrected chi connectivity index (χ4v) is 2.60. The number of nitrogens with zero attached hydrogens (tertiary/aromatic N) is 2. The minimum absolute atomic E-state index is 0.0332. The van der Waals surface area contributed by atoms with Crippen LogP contribution in [0.25, 0.3) is 11.3 Å². The summed E-state index contributed by atoms with van der Waals surface area (Å²) in [4.78, 5) is 18.7. The van der Waals surface area contributed by atoms with E-state index in [4.69, 9.17) is 5.26 Å². The highest BCUT2D eigenvalue weighted by Gasteiger charge is 2.13. The zero-order valence-corrected chi connectivity index (χ0v) is 14.3. The Kier molecular flexibility index (Phi) is 4.65. The number of hydrogen-bond donors (Lipinski definition) is 1. The number of rotatable bonds is 2. The summed E-state index contributed by atoms with van der Waals surface area (Å²) in [5.41, 5.74) is 0.773. The van der Waals surface area contributed by atoms with Crippen molar-refractivity contribution in [3.05, 3.63) is 42.2 Å². The van der Waals surface area contributed by atoms with Gasteiger partial charge < -0.3 is 4.98 Å². The van der Waals surface area contributed by atoms with Crippen LogP contribution in [0.15, 0.2) is 32.6 Å². The van der Waals surface area contributed by atoms with Gasteiger partial charge in [-0.2, -0.15) is 5.26 Å². The van der Waals surface area contributed by atoms with E-state index >= 15 is 0 Å². The number of aromatic amines is 1. The van der Waals surface area contributed by atoms with Crippen LogP contribution >= 0.6 is 50.3 Å². The predicted molar refractivity (Wildman–Crippen MR) is 87.2 cm³/mol. The number of hydrogen-bond acceptors (Lipinski definition) is 4. The van der Waals surface area contributed by atoms with Gasteiger partial charge >= 0.3 is 0 Å². The van der Waals surface area contributed by atoms with Crippen LogP contribution in [0.5, 0.6) is 0 Å². The Balaban J connectivity index is 2.73. The van der Waals surface area contributed by atoms with Crippen molar-refractivity contribution in [1.82, 2.24) is 9.97 Å². The van der Waals surface area contributed by atoms with Gasteiger partial charge in [0, 0.05) is 13.6 Å². The van der Waals surface area contributed by atoms with Crippen LogP contribution in [0.3, 0.4) is 0 Å². The van der Waals surface area contributed by atoms with E-state index in [0.29, 0.717) is 10.9 Å². The van der Waals surface area contributed by atoms with Crippen LogP contribution in [0.4, 0.5) is 0 Å². The van der Waals surface area contributed by atoms with E-state index in [0.717, 1.165) is 13.6 Å². The molecule has 0 radical (unpaired) electrons. The highest BCUT2D eigenvalue weighted by Crippen LogP contribution is 2.27. The van der Waals surface area contributed by atoms with Gasteiger partial charge in [0.15, 0.2) is 5.16 Å². The molecule has 19 heavy (non-hydrogen) atoms. The second kappa shape index (κ2) is 6.07. The number of benzene rings is 1. The van der Waals surface area contributed by atoms with Gasteiger partial charge in [0.1, 0.15) is 11.6 Å². The van der Waals surface area contributed by atoms with Gasteiger partial charge in [0.25, 0.3) is 5.56 Å². The molecule has 1 aromatic carbocycles. The molecule has 0 fully saturated rings. The summed E-state index contributed by atoms with van der Waals surface area (Å²) in [5.74, 6) is 0. The molecular weight excluding hydrogens is 441 g/mol. The smallest absolute Gasteiger partial charge is 0.270 e. The highest BCUT2D eigenvalue weighted by molar-refractivity contribution is 14.1. The van der Waals surface area contributed by atoms with Crippen molar-refractivity contribution in [2.24, 2.45) is 0 Å². The van der Waals surface area contributed by atoms with Gasteiger partial charge in [-0.05, 0) is 56.9 Å². The molecule has 0 saturated carbocycles. The third-order valence-corrected chi connectivity index (χ3v) is 5.31. The van der Waals surface area contributed by atoms with Crippen molar-refractivity contribution in [3.8, 4) is 17.3 Å². The Bertz CT molecular complexity index is 739. The number of nitriles is 1. The fraction of sp³-hybridized carbons (Fsp3) is 0.0833. The fourth-order valence-electron chi connectivity index (χ4n) is 1.51. The van der Waals surface area contributed by atoms with E-state index in [1.165, 1.54) is 11.8 Å². The topological polar surface area (TPSA) is 69.5 Å². The maximum absolute atomic E-state index is 11.8. The van der Waals surface area contributed by atoms with E-state index in [1.54, 1.807) is 0 Å². The van der Waals surface area contributed by atoms with Crippen LogP contribution in [0.2, 0.25) is 0 Å². The van der Waals surface area contributed by atoms with E-state index in [1.807, 2.05) is 30.5 Å². The summed E-state index contributed by atoms with van der Waals surface area (Å²) in [5, 5.41) is 9.61. The first-order valence-electron chi connectivity index (χ1n) is 5.10. The molecule has 0 aliphatic carbocycles. The number of H-pyrrole nitrogens is 1. The summed E-state index contributed by atoms with van der Waals surface area (Å²) in [6.45, 7) is 0. The molecule has 1 N–H and O–H groups in total. The van der Waals surface area contributed by atoms with Crippen molar-refractivity contribution in [2.75, 3.05) is 6.26 Å². The molecule has 1 heterocycles. The molecule has 0 atom stereocenters. The van der Waals surface area contributed by atoms with Crippen LogP contribution in [-0.2, 0) is 0 Å². The highest BCUT2D eigenvalue weighted by atomic mass is 127. The molecule has 2 aromatic rings. The molecule has 0 aliphatic rings. The van der Waals surface area contributed by atoms with Crippen molar-refractivity contribution in [1.29, 1.82) is 5.26 Å². The lowest BCUT2D eigenvalue weighted by atomic mass is 10.1. The van der Waals surface area contributed by atoms with E-state index in [9.17, 15) is 4.79 Å². The standard InChI is InChI=1S/C12H7BrIN3OS/c1-19-12-16-10(7(5-15)11(18)17-12)6-2-3-9(14)8(13)4-6/h2-4H,1H3,(H,16,17,18). The summed E-state index contributed by atoms with van der Waals surface area (Å²) in [6, 6.07) is 7.52. The Labute approximate surface area is 135 Å². The maximum atomic E-state index is 11.8. The van der Waals surface area contributed by atoms with Crippen molar-refractivity contribution < 1.29 is 0 Å². The third-order valence-electron chi connectivity index (χ3n) is 2.40. The van der Waals surface area contributed by atoms with Gasteiger partial charge in [-0.1, -0.05) is 17.8 Å². The average molecular weight is 448 g/mol. The monoisotopic (exact) mass is 447 g/mol. The number of thioether (sulfide) groups is 1. The Morgan fingerprint density at radius 2 is 2.26 bits per heavy atom.